The van der Waals surface area contributed by atoms with Crippen LogP contribution in [0.4, 0.5) is 5.69 Å². The first kappa shape index (κ1) is 17.2. The summed E-state index contributed by atoms with van der Waals surface area (Å²) < 4.78 is 37.9. The Labute approximate surface area is 158 Å². The number of benzene rings is 2. The van der Waals surface area contributed by atoms with Crippen molar-refractivity contribution >= 4 is 38.3 Å². The summed E-state index contributed by atoms with van der Waals surface area (Å²) in [5, 5.41) is 7.46. The Balaban J connectivity index is 1.61. The minimum atomic E-state index is -3.93. The first-order chi connectivity index (χ1) is 13.0. The van der Waals surface area contributed by atoms with Crippen molar-refractivity contribution in [2.24, 2.45) is 0 Å². The Morgan fingerprint density at radius 1 is 1.04 bits per heavy atom. The normalized spacial score (nSPS) is 11.4. The molecule has 0 atom stereocenters. The molecule has 0 saturated heterocycles. The average Bonchev–Trinajstić information content (AvgIpc) is 3.13. The fourth-order valence-corrected chi connectivity index (χ4v) is 3.71. The summed E-state index contributed by atoms with van der Waals surface area (Å²) in [7, 11) is -3.93. The van der Waals surface area contributed by atoms with E-state index in [4.69, 9.17) is 16.3 Å². The van der Waals surface area contributed by atoms with Crippen LogP contribution in [0.15, 0.2) is 64.4 Å². The fourth-order valence-electron chi connectivity index (χ4n) is 2.29. The van der Waals surface area contributed by atoms with Crippen molar-refractivity contribution in [1.82, 2.24) is 20.3 Å². The van der Waals surface area contributed by atoms with Crippen molar-refractivity contribution in [2.45, 2.75) is 4.90 Å². The number of halogens is 1. The highest BCUT2D eigenvalue weighted by atomic mass is 35.5. The standard InChI is InChI=1S/C16H10ClN5O4S/c17-11-9-10(5-6-13(11)25-16-18-7-2-8-19-16)22-27(23,24)14-4-1-3-12-15(14)21-26-20-12/h1-9,22H. The minimum Gasteiger partial charge on any atom is -0.423 e. The summed E-state index contributed by atoms with van der Waals surface area (Å²) >= 11 is 6.18. The van der Waals surface area contributed by atoms with Gasteiger partial charge in [0.1, 0.15) is 16.2 Å². The smallest absolute Gasteiger partial charge is 0.321 e. The SMILES string of the molecule is O=S(=O)(Nc1ccc(Oc2ncccn2)c(Cl)c1)c1cccc2nonc12. The van der Waals surface area contributed by atoms with Crippen molar-refractivity contribution in [3.8, 4) is 11.8 Å². The van der Waals surface area contributed by atoms with Crippen LogP contribution in [-0.4, -0.2) is 28.7 Å². The maximum Gasteiger partial charge on any atom is 0.321 e. The number of aromatic nitrogens is 4. The highest BCUT2D eigenvalue weighted by Gasteiger charge is 2.21. The van der Waals surface area contributed by atoms with Crippen LogP contribution >= 0.6 is 11.6 Å². The van der Waals surface area contributed by atoms with Gasteiger partial charge in [0, 0.05) is 12.4 Å². The molecule has 0 saturated carbocycles. The van der Waals surface area contributed by atoms with Crippen LogP contribution in [0.1, 0.15) is 0 Å². The van der Waals surface area contributed by atoms with Gasteiger partial charge in [-0.2, -0.15) is 0 Å². The Morgan fingerprint density at radius 3 is 2.63 bits per heavy atom. The number of hydrogen-bond acceptors (Lipinski definition) is 8. The van der Waals surface area contributed by atoms with Gasteiger partial charge in [-0.05, 0) is 46.7 Å². The molecule has 4 rings (SSSR count). The van der Waals surface area contributed by atoms with Crippen molar-refractivity contribution in [2.75, 3.05) is 4.72 Å². The van der Waals surface area contributed by atoms with Crippen molar-refractivity contribution in [3.05, 3.63) is 59.9 Å². The third-order valence-corrected chi connectivity index (χ3v) is 5.17. The van der Waals surface area contributed by atoms with Gasteiger partial charge in [0.05, 0.1) is 10.7 Å². The highest BCUT2D eigenvalue weighted by Crippen LogP contribution is 2.31. The van der Waals surface area contributed by atoms with Crippen molar-refractivity contribution < 1.29 is 17.8 Å². The first-order valence-corrected chi connectivity index (χ1v) is 9.37. The second kappa shape index (κ2) is 6.82. The van der Waals surface area contributed by atoms with E-state index < -0.39 is 10.0 Å². The van der Waals surface area contributed by atoms with Gasteiger partial charge >= 0.3 is 6.01 Å². The van der Waals surface area contributed by atoms with E-state index in [1.807, 2.05) is 0 Å². The van der Waals surface area contributed by atoms with E-state index in [0.29, 0.717) is 5.52 Å². The number of hydrogen-bond donors (Lipinski definition) is 1. The molecule has 0 spiro atoms. The molecular formula is C16H10ClN5O4S. The summed E-state index contributed by atoms with van der Waals surface area (Å²) in [5.41, 5.74) is 0.717. The first-order valence-electron chi connectivity index (χ1n) is 7.51. The van der Waals surface area contributed by atoms with E-state index in [-0.39, 0.29) is 32.9 Å². The molecule has 11 heteroatoms. The minimum absolute atomic E-state index is 0.0598. The maximum atomic E-state index is 12.7. The molecule has 0 unspecified atom stereocenters. The lowest BCUT2D eigenvalue weighted by Crippen LogP contribution is -2.13. The molecule has 9 nitrogen and oxygen atoms in total. The Hall–Kier alpha value is -3.24. The van der Waals surface area contributed by atoms with Crippen LogP contribution in [0.3, 0.4) is 0 Å². The third kappa shape index (κ3) is 3.52. The van der Waals surface area contributed by atoms with E-state index in [2.05, 4.69) is 29.6 Å². The predicted molar refractivity (Wildman–Crippen MR) is 96.2 cm³/mol. The zero-order valence-corrected chi connectivity index (χ0v) is 15.0. The molecule has 0 amide bonds. The largest absolute Gasteiger partial charge is 0.423 e. The molecule has 136 valence electrons. The molecule has 0 aliphatic rings. The summed E-state index contributed by atoms with van der Waals surface area (Å²) in [6.45, 7) is 0. The third-order valence-electron chi connectivity index (χ3n) is 3.47. The number of fused-ring (bicyclic) bond motifs is 1. The highest BCUT2D eigenvalue weighted by molar-refractivity contribution is 7.93. The summed E-state index contributed by atoms with van der Waals surface area (Å²) in [6.07, 6.45) is 3.05. The number of rotatable bonds is 5. The number of sulfonamides is 1. The molecular weight excluding hydrogens is 394 g/mol. The van der Waals surface area contributed by atoms with E-state index in [9.17, 15) is 8.42 Å². The maximum absolute atomic E-state index is 12.7. The van der Waals surface area contributed by atoms with Crippen LogP contribution in [0.2, 0.25) is 5.02 Å². The monoisotopic (exact) mass is 403 g/mol. The van der Waals surface area contributed by atoms with Gasteiger partial charge in [-0.3, -0.25) is 4.72 Å². The zero-order chi connectivity index (χ0) is 18.9. The second-order valence-corrected chi connectivity index (χ2v) is 7.33. The van der Waals surface area contributed by atoms with Crippen LogP contribution in [0.5, 0.6) is 11.8 Å². The molecule has 0 fully saturated rings. The Bertz CT molecular complexity index is 1210. The van der Waals surface area contributed by atoms with E-state index >= 15 is 0 Å². The zero-order valence-electron chi connectivity index (χ0n) is 13.4. The Kier molecular flexibility index (Phi) is 4.34. The summed E-state index contributed by atoms with van der Waals surface area (Å²) in [6, 6.07) is 10.7. The van der Waals surface area contributed by atoms with Crippen LogP contribution in [0.25, 0.3) is 11.0 Å². The molecule has 0 bridgehead atoms. The van der Waals surface area contributed by atoms with Gasteiger partial charge in [0.15, 0.2) is 5.52 Å². The van der Waals surface area contributed by atoms with E-state index in [1.54, 1.807) is 18.2 Å². The lowest BCUT2D eigenvalue weighted by molar-refractivity contribution is 0.315. The summed E-state index contributed by atoms with van der Waals surface area (Å²) in [4.78, 5) is 7.81. The van der Waals surface area contributed by atoms with Crippen molar-refractivity contribution in [3.63, 3.8) is 0 Å². The lowest BCUT2D eigenvalue weighted by Gasteiger charge is -2.10. The van der Waals surface area contributed by atoms with E-state index in [0.717, 1.165) is 0 Å². The average molecular weight is 404 g/mol. The van der Waals surface area contributed by atoms with Gasteiger partial charge in [-0.15, -0.1) is 0 Å². The molecule has 2 heterocycles. The Morgan fingerprint density at radius 2 is 1.85 bits per heavy atom. The molecule has 2 aromatic carbocycles. The van der Waals surface area contributed by atoms with Gasteiger partial charge in [0.25, 0.3) is 10.0 Å². The number of nitrogens with one attached hydrogen (secondary N) is 1. The topological polar surface area (TPSA) is 120 Å². The molecule has 0 radical (unpaired) electrons. The fraction of sp³-hybridized carbons (Fsp3) is 0. The molecule has 0 aliphatic carbocycles. The number of ether oxygens (including phenoxy) is 1. The lowest BCUT2D eigenvalue weighted by atomic mass is 10.3. The molecule has 27 heavy (non-hydrogen) atoms. The molecule has 2 aromatic heterocycles. The summed E-state index contributed by atoms with van der Waals surface area (Å²) in [5.74, 6) is 0.286. The van der Waals surface area contributed by atoms with Gasteiger partial charge in [-0.1, -0.05) is 17.7 Å². The van der Waals surface area contributed by atoms with Gasteiger partial charge < -0.3 is 4.74 Å². The van der Waals surface area contributed by atoms with Crippen molar-refractivity contribution in [1.29, 1.82) is 0 Å². The molecule has 0 aliphatic heterocycles. The van der Waals surface area contributed by atoms with Crippen LogP contribution < -0.4 is 9.46 Å². The quantitative estimate of drug-likeness (QED) is 0.539. The number of anilines is 1. The van der Waals surface area contributed by atoms with E-state index in [1.165, 1.54) is 36.7 Å². The molecule has 1 N–H and O–H groups in total. The van der Waals surface area contributed by atoms with Crippen LogP contribution in [-0.2, 0) is 10.0 Å². The second-order valence-electron chi connectivity index (χ2n) is 5.27. The number of nitrogens with zero attached hydrogens (tertiary/aromatic N) is 4. The molecule has 4 aromatic rings. The van der Waals surface area contributed by atoms with Gasteiger partial charge in [0.2, 0.25) is 0 Å². The predicted octanol–water partition coefficient (Wildman–Crippen LogP) is 3.26. The van der Waals surface area contributed by atoms with Crippen LogP contribution in [0, 0.1) is 0 Å². The van der Waals surface area contributed by atoms with Gasteiger partial charge in [-0.25, -0.2) is 23.0 Å².